The van der Waals surface area contributed by atoms with Gasteiger partial charge < -0.3 is 38.6 Å². The van der Waals surface area contributed by atoms with Gasteiger partial charge in [-0.1, -0.05) is 84.9 Å². The summed E-state index contributed by atoms with van der Waals surface area (Å²) in [5.41, 5.74) is 0. The quantitative estimate of drug-likeness (QED) is 0.292. The van der Waals surface area contributed by atoms with Crippen molar-refractivity contribution in [1.82, 2.24) is 0 Å². The van der Waals surface area contributed by atoms with Crippen molar-refractivity contribution >= 4 is 5.97 Å². The van der Waals surface area contributed by atoms with E-state index in [1.807, 2.05) is 102 Å². The molecule has 0 spiro atoms. The van der Waals surface area contributed by atoms with Gasteiger partial charge in [0.2, 0.25) is 0 Å². The fourth-order valence-corrected chi connectivity index (χ4v) is 3.97. The van der Waals surface area contributed by atoms with E-state index in [0.29, 0.717) is 37.7 Å². The predicted octanol–water partition coefficient (Wildman–Crippen LogP) is 7.82. The van der Waals surface area contributed by atoms with Gasteiger partial charge in [-0.3, -0.25) is 4.79 Å². The standard InChI is InChI=1S/C10H10O4.C10H12O3.C10H12O2.3C2H6/c11-10(12)5-7-6-13-8-3-1-2-4-9(8)14-7;11-6-5-8-7-12-9-3-1-2-4-10(9)13-8;1-2-8-7-11-9-5-3-4-6-10(9)12-8;3*1-2/h1-4,7H,5-6H2,(H,11,12);1-4,8,11H,5-7H2;3-6,8H,2,7H2,1H3;3*1-2H3. The van der Waals surface area contributed by atoms with Crippen molar-refractivity contribution in [3.05, 3.63) is 72.8 Å². The summed E-state index contributed by atoms with van der Waals surface area (Å²) >= 11 is 0. The van der Waals surface area contributed by atoms with Gasteiger partial charge >= 0.3 is 5.97 Å². The molecule has 3 atom stereocenters. The van der Waals surface area contributed by atoms with Crippen LogP contribution in [0.3, 0.4) is 0 Å². The van der Waals surface area contributed by atoms with Crippen molar-refractivity contribution in [2.45, 2.75) is 86.0 Å². The van der Waals surface area contributed by atoms with E-state index in [4.69, 9.17) is 38.6 Å². The van der Waals surface area contributed by atoms with Crippen molar-refractivity contribution < 1.29 is 43.4 Å². The van der Waals surface area contributed by atoms with Crippen LogP contribution in [0.5, 0.6) is 34.5 Å². The van der Waals surface area contributed by atoms with Crippen LogP contribution in [0.4, 0.5) is 0 Å². The SMILES string of the molecule is CC.CC.CC.CCC1COc2ccccc2O1.O=C(O)CC1COc2ccccc2O1.OCCC1COc2ccccc2O1. The van der Waals surface area contributed by atoms with Crippen molar-refractivity contribution in [3.8, 4) is 34.5 Å². The van der Waals surface area contributed by atoms with E-state index in [9.17, 15) is 4.79 Å². The fourth-order valence-electron chi connectivity index (χ4n) is 3.97. The largest absolute Gasteiger partial charge is 0.486 e. The van der Waals surface area contributed by atoms with Crippen molar-refractivity contribution in [3.63, 3.8) is 0 Å². The normalized spacial score (nSPS) is 17.6. The maximum atomic E-state index is 10.4. The second-order valence-electron chi connectivity index (χ2n) is 9.01. The van der Waals surface area contributed by atoms with Gasteiger partial charge in [0.1, 0.15) is 38.1 Å². The number of rotatable bonds is 5. The maximum Gasteiger partial charge on any atom is 0.307 e. The number of aliphatic carboxylic acids is 1. The minimum absolute atomic E-state index is 0.0140. The van der Waals surface area contributed by atoms with Crippen LogP contribution in [0.2, 0.25) is 0 Å². The molecule has 250 valence electrons. The third-order valence-corrected chi connectivity index (χ3v) is 6.01. The van der Waals surface area contributed by atoms with E-state index in [-0.39, 0.29) is 31.3 Å². The molecule has 0 fully saturated rings. The molecule has 3 unspecified atom stereocenters. The van der Waals surface area contributed by atoms with E-state index < -0.39 is 5.97 Å². The molecule has 0 aliphatic carbocycles. The van der Waals surface area contributed by atoms with Crippen LogP contribution in [0, 0.1) is 0 Å². The van der Waals surface area contributed by atoms with Crippen LogP contribution in [-0.4, -0.2) is 60.9 Å². The first-order chi connectivity index (χ1) is 22.1. The number of fused-ring (bicyclic) bond motifs is 3. The van der Waals surface area contributed by atoms with Gasteiger partial charge in [0.15, 0.2) is 34.5 Å². The first kappa shape index (κ1) is 38.9. The van der Waals surface area contributed by atoms with Crippen LogP contribution in [0.25, 0.3) is 0 Å². The fraction of sp³-hybridized carbons (Fsp3) is 0.472. The average molecular weight is 629 g/mol. The molecule has 0 saturated carbocycles. The Bertz CT molecular complexity index is 1200. The Labute approximate surface area is 269 Å². The third-order valence-electron chi connectivity index (χ3n) is 6.01. The zero-order chi connectivity index (χ0) is 33.5. The van der Waals surface area contributed by atoms with Gasteiger partial charge in [-0.05, 0) is 42.8 Å². The molecule has 0 saturated heterocycles. The highest BCUT2D eigenvalue weighted by Gasteiger charge is 2.23. The Morgan fingerprint density at radius 2 is 0.933 bits per heavy atom. The molecule has 3 heterocycles. The number of benzene rings is 3. The lowest BCUT2D eigenvalue weighted by molar-refractivity contribution is -0.139. The molecule has 9 nitrogen and oxygen atoms in total. The molecular weight excluding hydrogens is 576 g/mol. The number of carboxylic acids is 1. The molecule has 3 aromatic carbocycles. The van der Waals surface area contributed by atoms with Gasteiger partial charge in [-0.15, -0.1) is 0 Å². The second-order valence-corrected chi connectivity index (χ2v) is 9.01. The molecule has 6 rings (SSSR count). The van der Waals surface area contributed by atoms with Crippen molar-refractivity contribution in [1.29, 1.82) is 0 Å². The molecule has 0 aromatic heterocycles. The van der Waals surface area contributed by atoms with Crippen LogP contribution in [0.15, 0.2) is 72.8 Å². The molecule has 9 heteroatoms. The second kappa shape index (κ2) is 23.3. The summed E-state index contributed by atoms with van der Waals surface area (Å²) in [6.45, 7) is 15.7. The van der Waals surface area contributed by atoms with Crippen molar-refractivity contribution in [2.24, 2.45) is 0 Å². The van der Waals surface area contributed by atoms with Gasteiger partial charge in [-0.2, -0.15) is 0 Å². The molecule has 2 N–H and O–H groups in total. The third kappa shape index (κ3) is 13.6. The lowest BCUT2D eigenvalue weighted by Crippen LogP contribution is -2.31. The maximum absolute atomic E-state index is 10.4. The zero-order valence-corrected chi connectivity index (χ0v) is 27.9. The Hall–Kier alpha value is -4.11. The van der Waals surface area contributed by atoms with Crippen LogP contribution in [-0.2, 0) is 4.79 Å². The lowest BCUT2D eigenvalue weighted by atomic mass is 10.2. The molecule has 0 bridgehead atoms. The molecule has 0 radical (unpaired) electrons. The lowest BCUT2D eigenvalue weighted by Gasteiger charge is -2.25. The Morgan fingerprint density at radius 3 is 1.31 bits per heavy atom. The molecule has 45 heavy (non-hydrogen) atoms. The minimum Gasteiger partial charge on any atom is -0.486 e. The highest BCUT2D eigenvalue weighted by molar-refractivity contribution is 5.67. The number of para-hydroxylation sites is 6. The van der Waals surface area contributed by atoms with Gasteiger partial charge in [0, 0.05) is 13.0 Å². The monoisotopic (exact) mass is 628 g/mol. The van der Waals surface area contributed by atoms with E-state index in [0.717, 1.165) is 29.4 Å². The topological polar surface area (TPSA) is 113 Å². The summed E-state index contributed by atoms with van der Waals surface area (Å²) in [7, 11) is 0. The Kier molecular flexibility index (Phi) is 20.1. The minimum atomic E-state index is -0.877. The molecule has 3 aromatic rings. The summed E-state index contributed by atoms with van der Waals surface area (Å²) in [6, 6.07) is 22.6. The first-order valence-electron chi connectivity index (χ1n) is 16.0. The predicted molar refractivity (Wildman–Crippen MR) is 177 cm³/mol. The number of hydrogen-bond acceptors (Lipinski definition) is 8. The molecule has 0 amide bonds. The summed E-state index contributed by atoms with van der Waals surface area (Å²) < 4.78 is 33.0. The van der Waals surface area contributed by atoms with Crippen LogP contribution in [0.1, 0.15) is 67.7 Å². The Morgan fingerprint density at radius 1 is 0.600 bits per heavy atom. The summed E-state index contributed by atoms with van der Waals surface area (Å²) in [5.74, 6) is 3.71. The number of carbonyl (C=O) groups is 1. The van der Waals surface area contributed by atoms with Gasteiger partial charge in [0.25, 0.3) is 0 Å². The van der Waals surface area contributed by atoms with Crippen LogP contribution >= 0.6 is 0 Å². The zero-order valence-electron chi connectivity index (χ0n) is 27.9. The van der Waals surface area contributed by atoms with E-state index in [1.54, 1.807) is 12.1 Å². The highest BCUT2D eigenvalue weighted by atomic mass is 16.6. The van der Waals surface area contributed by atoms with Crippen LogP contribution < -0.4 is 28.4 Å². The summed E-state index contributed by atoms with van der Waals surface area (Å²) in [5, 5.41) is 17.3. The van der Waals surface area contributed by atoms with Gasteiger partial charge in [0.05, 0.1) is 6.42 Å². The molecular formula is C36H52O9. The molecule has 3 aliphatic heterocycles. The summed E-state index contributed by atoms with van der Waals surface area (Å²) in [6.07, 6.45) is 1.40. The van der Waals surface area contributed by atoms with E-state index in [2.05, 4.69) is 6.92 Å². The average Bonchev–Trinajstić information content (AvgIpc) is 3.11. The van der Waals surface area contributed by atoms with E-state index >= 15 is 0 Å². The number of aliphatic hydroxyl groups excluding tert-OH is 1. The number of hydrogen-bond donors (Lipinski definition) is 2. The molecule has 3 aliphatic rings. The highest BCUT2D eigenvalue weighted by Crippen LogP contribution is 2.33. The summed E-state index contributed by atoms with van der Waals surface area (Å²) in [4.78, 5) is 10.4. The Balaban J connectivity index is 0.000000312. The van der Waals surface area contributed by atoms with E-state index in [1.165, 1.54) is 0 Å². The smallest absolute Gasteiger partial charge is 0.307 e. The number of carboxylic acid groups (broad SMARTS) is 1. The number of ether oxygens (including phenoxy) is 6. The first-order valence-corrected chi connectivity index (χ1v) is 16.0. The van der Waals surface area contributed by atoms with Crippen molar-refractivity contribution in [2.75, 3.05) is 26.4 Å². The number of aliphatic hydroxyl groups is 1. The van der Waals surface area contributed by atoms with Gasteiger partial charge in [-0.25, -0.2) is 0 Å².